The van der Waals surface area contributed by atoms with Gasteiger partial charge in [-0.2, -0.15) is 0 Å². The molecule has 0 spiro atoms. The number of nitrogens with zero attached hydrogens (tertiary/aromatic N) is 2. The monoisotopic (exact) mass is 306 g/mol. The number of rotatable bonds is 2. The molecule has 0 bridgehead atoms. The molecule has 0 unspecified atom stereocenters. The minimum atomic E-state index is -0.456. The number of hydrogen-bond donors (Lipinski definition) is 2. The molecule has 0 fully saturated rings. The van der Waals surface area contributed by atoms with Crippen LogP contribution >= 0.6 is 0 Å². The second kappa shape index (κ2) is 5.47. The summed E-state index contributed by atoms with van der Waals surface area (Å²) >= 11 is 0. The molecule has 0 aromatic carbocycles. The highest BCUT2D eigenvalue weighted by molar-refractivity contribution is 5.98. The molecule has 2 heterocycles. The van der Waals surface area contributed by atoms with E-state index in [1.807, 2.05) is 41.5 Å². The molecule has 0 aliphatic carbocycles. The minimum Gasteiger partial charge on any atom is -0.359 e. The van der Waals surface area contributed by atoms with Gasteiger partial charge in [0.05, 0.1) is 0 Å². The van der Waals surface area contributed by atoms with Crippen molar-refractivity contribution in [1.29, 1.82) is 0 Å². The summed E-state index contributed by atoms with van der Waals surface area (Å²) in [5.74, 6) is 2.09. The maximum atomic E-state index is 11.9. The van der Waals surface area contributed by atoms with Crippen LogP contribution in [-0.4, -0.2) is 16.3 Å². The topological polar surface area (TPSA) is 93.2 Å². The van der Waals surface area contributed by atoms with Crippen LogP contribution in [0, 0.1) is 0 Å². The summed E-state index contributed by atoms with van der Waals surface area (Å²) in [6.45, 7) is 12.0. The molecule has 2 rings (SSSR count). The van der Waals surface area contributed by atoms with E-state index < -0.39 is 6.03 Å². The summed E-state index contributed by atoms with van der Waals surface area (Å²) in [6, 6.07) is 2.94. The van der Waals surface area contributed by atoms with Gasteiger partial charge in [0.1, 0.15) is 11.5 Å². The molecular weight excluding hydrogens is 284 g/mol. The van der Waals surface area contributed by atoms with Gasteiger partial charge in [0.25, 0.3) is 0 Å². The van der Waals surface area contributed by atoms with E-state index in [9.17, 15) is 4.79 Å². The average molecular weight is 306 g/mol. The smallest absolute Gasteiger partial charge is 0.326 e. The Balaban J connectivity index is 1.99. The Labute approximate surface area is 129 Å². The molecule has 2 amide bonds. The molecule has 0 atom stereocenters. The fourth-order valence-electron chi connectivity index (χ4n) is 1.64. The zero-order valence-electron chi connectivity index (χ0n) is 13.8. The Bertz CT molecular complexity index is 603. The maximum absolute atomic E-state index is 11.9. The number of carbonyl (C=O) groups is 1. The maximum Gasteiger partial charge on any atom is 0.326 e. The summed E-state index contributed by atoms with van der Waals surface area (Å²) in [6.07, 6.45) is 0. The van der Waals surface area contributed by atoms with Gasteiger partial charge in [-0.25, -0.2) is 4.79 Å². The molecule has 0 saturated carbocycles. The molecule has 22 heavy (non-hydrogen) atoms. The van der Waals surface area contributed by atoms with E-state index in [0.717, 1.165) is 0 Å². The number of amides is 2. The molecule has 0 aliphatic heterocycles. The van der Waals surface area contributed by atoms with E-state index in [0.29, 0.717) is 23.2 Å². The Kier molecular flexibility index (Phi) is 4.00. The van der Waals surface area contributed by atoms with Crippen LogP contribution in [0.25, 0.3) is 0 Å². The van der Waals surface area contributed by atoms with Crippen LogP contribution in [0.1, 0.15) is 53.1 Å². The number of hydrogen-bond acceptors (Lipinski definition) is 5. The lowest BCUT2D eigenvalue weighted by Gasteiger charge is -2.12. The molecule has 7 nitrogen and oxygen atoms in total. The van der Waals surface area contributed by atoms with Crippen LogP contribution in [0.2, 0.25) is 0 Å². The molecule has 120 valence electrons. The van der Waals surface area contributed by atoms with Gasteiger partial charge in [-0.1, -0.05) is 51.9 Å². The first-order chi connectivity index (χ1) is 10.1. The highest BCUT2D eigenvalue weighted by Gasteiger charge is 2.22. The predicted octanol–water partition coefficient (Wildman–Crippen LogP) is 3.90. The lowest BCUT2D eigenvalue weighted by atomic mass is 9.93. The Morgan fingerprint density at radius 2 is 1.23 bits per heavy atom. The second-order valence-electron chi connectivity index (χ2n) is 7.23. The molecule has 7 heteroatoms. The predicted molar refractivity (Wildman–Crippen MR) is 83.0 cm³/mol. The van der Waals surface area contributed by atoms with Gasteiger partial charge in [-0.15, -0.1) is 0 Å². The molecule has 0 aliphatic rings. The second-order valence-corrected chi connectivity index (χ2v) is 7.23. The molecule has 2 aromatic rings. The van der Waals surface area contributed by atoms with Gasteiger partial charge in [0.2, 0.25) is 0 Å². The van der Waals surface area contributed by atoms with Crippen molar-refractivity contribution < 1.29 is 13.8 Å². The van der Waals surface area contributed by atoms with Gasteiger partial charge >= 0.3 is 6.03 Å². The SMILES string of the molecule is CC(C)(C)c1cc(NC(=O)Nc2cc(C(C)(C)C)on2)no1. The third-order valence-corrected chi connectivity index (χ3v) is 2.98. The highest BCUT2D eigenvalue weighted by atomic mass is 16.5. The van der Waals surface area contributed by atoms with Crippen molar-refractivity contribution in [2.75, 3.05) is 10.6 Å². The van der Waals surface area contributed by atoms with Crippen LogP contribution < -0.4 is 10.6 Å². The van der Waals surface area contributed by atoms with Gasteiger partial charge in [-0.3, -0.25) is 10.6 Å². The lowest BCUT2D eigenvalue weighted by Crippen LogP contribution is -2.19. The summed E-state index contributed by atoms with van der Waals surface area (Å²) in [7, 11) is 0. The highest BCUT2D eigenvalue weighted by Crippen LogP contribution is 2.25. The van der Waals surface area contributed by atoms with Gasteiger partial charge in [-0.05, 0) is 0 Å². The number of aromatic nitrogens is 2. The third-order valence-electron chi connectivity index (χ3n) is 2.98. The Hall–Kier alpha value is -2.31. The average Bonchev–Trinajstić information content (AvgIpc) is 2.96. The molecule has 2 N–H and O–H groups in total. The van der Waals surface area contributed by atoms with E-state index in [4.69, 9.17) is 9.05 Å². The van der Waals surface area contributed by atoms with E-state index in [2.05, 4.69) is 20.9 Å². The van der Waals surface area contributed by atoms with Crippen LogP contribution in [-0.2, 0) is 10.8 Å². The van der Waals surface area contributed by atoms with Gasteiger partial charge in [0.15, 0.2) is 11.6 Å². The lowest BCUT2D eigenvalue weighted by molar-refractivity contribution is 0.261. The van der Waals surface area contributed by atoms with Crippen molar-refractivity contribution >= 4 is 17.7 Å². The van der Waals surface area contributed by atoms with E-state index in [1.165, 1.54) is 0 Å². The van der Waals surface area contributed by atoms with E-state index >= 15 is 0 Å². The first-order valence-corrected chi connectivity index (χ1v) is 7.08. The summed E-state index contributed by atoms with van der Waals surface area (Å²) in [5, 5.41) is 12.8. The summed E-state index contributed by atoms with van der Waals surface area (Å²) < 4.78 is 10.4. The first kappa shape index (κ1) is 16.1. The third kappa shape index (κ3) is 3.87. The van der Waals surface area contributed by atoms with E-state index in [-0.39, 0.29) is 10.8 Å². The van der Waals surface area contributed by atoms with Crippen LogP contribution in [0.4, 0.5) is 16.4 Å². The van der Waals surface area contributed by atoms with Crippen molar-refractivity contribution in [3.05, 3.63) is 23.7 Å². The zero-order valence-corrected chi connectivity index (χ0v) is 13.8. The van der Waals surface area contributed by atoms with Crippen molar-refractivity contribution in [2.24, 2.45) is 0 Å². The van der Waals surface area contributed by atoms with Crippen molar-refractivity contribution in [3.63, 3.8) is 0 Å². The van der Waals surface area contributed by atoms with E-state index in [1.54, 1.807) is 12.1 Å². The van der Waals surface area contributed by atoms with Crippen LogP contribution in [0.5, 0.6) is 0 Å². The first-order valence-electron chi connectivity index (χ1n) is 7.08. The number of urea groups is 1. The van der Waals surface area contributed by atoms with Crippen molar-refractivity contribution in [1.82, 2.24) is 10.3 Å². The fraction of sp³-hybridized carbons (Fsp3) is 0.533. The quantitative estimate of drug-likeness (QED) is 0.877. The Morgan fingerprint density at radius 3 is 1.50 bits per heavy atom. The number of nitrogens with one attached hydrogen (secondary N) is 2. The van der Waals surface area contributed by atoms with Crippen molar-refractivity contribution in [2.45, 2.75) is 52.4 Å². The normalized spacial score (nSPS) is 12.3. The summed E-state index contributed by atoms with van der Waals surface area (Å²) in [4.78, 5) is 11.9. The van der Waals surface area contributed by atoms with Crippen molar-refractivity contribution in [3.8, 4) is 0 Å². The molecule has 2 aromatic heterocycles. The summed E-state index contributed by atoms with van der Waals surface area (Å²) in [5.41, 5.74) is -0.339. The van der Waals surface area contributed by atoms with Gasteiger partial charge < -0.3 is 9.05 Å². The fourth-order valence-corrected chi connectivity index (χ4v) is 1.64. The molecule has 0 saturated heterocycles. The molecular formula is C15H22N4O3. The molecule has 0 radical (unpaired) electrons. The largest absolute Gasteiger partial charge is 0.359 e. The number of carbonyl (C=O) groups excluding carboxylic acids is 1. The minimum absolute atomic E-state index is 0.170. The Morgan fingerprint density at radius 1 is 0.864 bits per heavy atom. The standard InChI is InChI=1S/C15H22N4O3/c1-14(2,3)9-7-11(18-21-9)16-13(20)17-12-8-10(22-19-12)15(4,5)6/h7-8H,1-6H3,(H2,16,17,18,19,20). The number of anilines is 2. The zero-order chi connectivity index (χ0) is 16.5. The van der Waals surface area contributed by atoms with Crippen LogP contribution in [0.3, 0.4) is 0 Å². The van der Waals surface area contributed by atoms with Crippen LogP contribution in [0.15, 0.2) is 21.2 Å². The van der Waals surface area contributed by atoms with Gasteiger partial charge in [0, 0.05) is 23.0 Å².